The van der Waals surface area contributed by atoms with Crippen LogP contribution in [0.3, 0.4) is 0 Å². The third-order valence-electron chi connectivity index (χ3n) is 6.36. The summed E-state index contributed by atoms with van der Waals surface area (Å²) in [5.41, 5.74) is 1.27. The van der Waals surface area contributed by atoms with Gasteiger partial charge in [0.25, 0.3) is 5.91 Å². The van der Waals surface area contributed by atoms with Crippen LogP contribution in [0.15, 0.2) is 35.4 Å². The predicted octanol–water partition coefficient (Wildman–Crippen LogP) is 2.80. The highest BCUT2D eigenvalue weighted by molar-refractivity contribution is 6.06. The number of anilines is 2. The molecular formula is C24H26FN5O3. The first-order valence-electron chi connectivity index (χ1n) is 11.0. The van der Waals surface area contributed by atoms with Crippen LogP contribution in [-0.4, -0.2) is 60.2 Å². The van der Waals surface area contributed by atoms with E-state index in [2.05, 4.69) is 15.2 Å². The van der Waals surface area contributed by atoms with Gasteiger partial charge in [-0.2, -0.15) is 0 Å². The number of rotatable bonds is 3. The largest absolute Gasteiger partial charge is 0.487 e. The van der Waals surface area contributed by atoms with Gasteiger partial charge in [0.2, 0.25) is 5.43 Å². The van der Waals surface area contributed by atoms with Gasteiger partial charge in [-0.15, -0.1) is 0 Å². The summed E-state index contributed by atoms with van der Waals surface area (Å²) in [6.45, 7) is 7.10. The molecule has 0 saturated carbocycles. The maximum absolute atomic E-state index is 15.4. The van der Waals surface area contributed by atoms with E-state index in [4.69, 9.17) is 4.74 Å². The quantitative estimate of drug-likeness (QED) is 0.660. The molecule has 0 spiro atoms. The fourth-order valence-corrected chi connectivity index (χ4v) is 4.42. The van der Waals surface area contributed by atoms with Gasteiger partial charge in [0.15, 0.2) is 11.6 Å². The van der Waals surface area contributed by atoms with E-state index in [-0.39, 0.29) is 17.0 Å². The molecule has 0 aliphatic carbocycles. The minimum atomic E-state index is -0.578. The molecule has 1 atom stereocenters. The molecule has 0 radical (unpaired) electrons. The Balaban J connectivity index is 1.63. The predicted molar refractivity (Wildman–Crippen MR) is 125 cm³/mol. The van der Waals surface area contributed by atoms with Gasteiger partial charge < -0.3 is 24.4 Å². The molecule has 1 aromatic carbocycles. The standard InChI is InChI=1S/C24H26FN5O3/c1-14-4-5-19(26-11-14)27-24(32)17-12-30-15(2)13-33-23-20(30)16(22(17)31)10-18(25)21(23)29-8-6-28(3)7-9-29/h4-5,10-12,15H,6-9,13H2,1-3H3,(H,26,27,32). The number of nitrogens with one attached hydrogen (secondary N) is 1. The lowest BCUT2D eigenvalue weighted by atomic mass is 10.0. The van der Waals surface area contributed by atoms with E-state index in [0.29, 0.717) is 42.5 Å². The van der Waals surface area contributed by atoms with E-state index in [1.54, 1.807) is 18.5 Å². The highest BCUT2D eigenvalue weighted by Gasteiger charge is 2.31. The number of hydrogen-bond acceptors (Lipinski definition) is 6. The van der Waals surface area contributed by atoms with Crippen LogP contribution in [0.1, 0.15) is 28.9 Å². The van der Waals surface area contributed by atoms with Crippen molar-refractivity contribution in [2.45, 2.75) is 19.9 Å². The van der Waals surface area contributed by atoms with Crippen molar-refractivity contribution >= 4 is 28.3 Å². The number of nitrogens with zero attached hydrogens (tertiary/aromatic N) is 4. The van der Waals surface area contributed by atoms with E-state index < -0.39 is 17.2 Å². The Morgan fingerprint density at radius 1 is 1.24 bits per heavy atom. The summed E-state index contributed by atoms with van der Waals surface area (Å²) >= 11 is 0. The number of hydrogen-bond donors (Lipinski definition) is 1. The van der Waals surface area contributed by atoms with Crippen molar-refractivity contribution in [2.24, 2.45) is 0 Å². The Morgan fingerprint density at radius 2 is 2.00 bits per heavy atom. The van der Waals surface area contributed by atoms with Crippen molar-refractivity contribution in [1.82, 2.24) is 14.5 Å². The van der Waals surface area contributed by atoms with Gasteiger partial charge >= 0.3 is 0 Å². The molecule has 3 aromatic rings. The van der Waals surface area contributed by atoms with Gasteiger partial charge in [-0.25, -0.2) is 9.37 Å². The minimum Gasteiger partial charge on any atom is -0.487 e. The molecule has 4 heterocycles. The molecule has 1 amide bonds. The number of halogens is 1. The summed E-state index contributed by atoms with van der Waals surface area (Å²) in [4.78, 5) is 34.6. The zero-order valence-electron chi connectivity index (χ0n) is 18.9. The molecule has 9 heteroatoms. The lowest BCUT2D eigenvalue weighted by Crippen LogP contribution is -2.45. The maximum atomic E-state index is 15.4. The minimum absolute atomic E-state index is 0.0590. The van der Waals surface area contributed by atoms with Gasteiger partial charge in [0, 0.05) is 38.6 Å². The molecule has 0 bridgehead atoms. The molecule has 1 saturated heterocycles. The number of aryl methyl sites for hydroxylation is 1. The number of pyridine rings is 2. The van der Waals surface area contributed by atoms with Crippen molar-refractivity contribution in [1.29, 1.82) is 0 Å². The highest BCUT2D eigenvalue weighted by atomic mass is 19.1. The van der Waals surface area contributed by atoms with E-state index in [1.807, 2.05) is 36.4 Å². The first-order chi connectivity index (χ1) is 15.8. The van der Waals surface area contributed by atoms with Crippen LogP contribution in [0.5, 0.6) is 5.75 Å². The molecule has 172 valence electrons. The zero-order chi connectivity index (χ0) is 23.3. The van der Waals surface area contributed by atoms with Crippen LogP contribution >= 0.6 is 0 Å². The monoisotopic (exact) mass is 451 g/mol. The number of carbonyl (C=O) groups is 1. The lowest BCUT2D eigenvalue weighted by molar-refractivity contribution is 0.102. The van der Waals surface area contributed by atoms with Crippen LogP contribution in [0.2, 0.25) is 0 Å². The Morgan fingerprint density at radius 3 is 2.70 bits per heavy atom. The molecule has 2 aliphatic rings. The third-order valence-corrected chi connectivity index (χ3v) is 6.36. The molecular weight excluding hydrogens is 425 g/mol. The van der Waals surface area contributed by atoms with Crippen LogP contribution in [0, 0.1) is 12.7 Å². The molecule has 33 heavy (non-hydrogen) atoms. The van der Waals surface area contributed by atoms with E-state index >= 15 is 4.39 Å². The SMILES string of the molecule is Cc1ccc(NC(=O)c2cn3c4c(c(N5CCN(C)CC5)c(F)cc4c2=O)OCC3C)nc1. The molecule has 1 N–H and O–H groups in total. The Bertz CT molecular complexity index is 1300. The van der Waals surface area contributed by atoms with Crippen molar-refractivity contribution in [3.8, 4) is 5.75 Å². The average Bonchev–Trinajstić information content (AvgIpc) is 2.79. The van der Waals surface area contributed by atoms with Crippen molar-refractivity contribution in [3.63, 3.8) is 0 Å². The summed E-state index contributed by atoms with van der Waals surface area (Å²) in [5.74, 6) is -0.377. The van der Waals surface area contributed by atoms with Gasteiger partial charge in [-0.1, -0.05) is 6.07 Å². The van der Waals surface area contributed by atoms with Crippen LogP contribution < -0.4 is 20.4 Å². The fraction of sp³-hybridized carbons (Fsp3) is 0.375. The van der Waals surface area contributed by atoms with E-state index in [9.17, 15) is 9.59 Å². The Hall–Kier alpha value is -3.46. The number of ether oxygens (including phenoxy) is 1. The second-order valence-corrected chi connectivity index (χ2v) is 8.84. The highest BCUT2D eigenvalue weighted by Crippen LogP contribution is 2.42. The zero-order valence-corrected chi connectivity index (χ0v) is 18.9. The van der Waals surface area contributed by atoms with Crippen LogP contribution in [-0.2, 0) is 0 Å². The molecule has 2 aliphatic heterocycles. The van der Waals surface area contributed by atoms with Crippen molar-refractivity contribution in [2.75, 3.05) is 50.1 Å². The molecule has 2 aromatic heterocycles. The fourth-order valence-electron chi connectivity index (χ4n) is 4.42. The summed E-state index contributed by atoms with van der Waals surface area (Å²) in [5, 5.41) is 2.81. The Labute approximate surface area is 190 Å². The summed E-state index contributed by atoms with van der Waals surface area (Å²) in [6.07, 6.45) is 3.18. The van der Waals surface area contributed by atoms with Crippen molar-refractivity contribution in [3.05, 3.63) is 57.8 Å². The summed E-state index contributed by atoms with van der Waals surface area (Å²) in [7, 11) is 2.03. The molecule has 1 fully saturated rings. The molecule has 5 rings (SSSR count). The summed E-state index contributed by atoms with van der Waals surface area (Å²) in [6, 6.07) is 4.61. The number of carbonyl (C=O) groups excluding carboxylic acids is 1. The molecule has 1 unspecified atom stereocenters. The Kier molecular flexibility index (Phi) is 5.28. The first-order valence-corrected chi connectivity index (χ1v) is 11.0. The number of benzene rings is 1. The normalized spacial score (nSPS) is 18.3. The average molecular weight is 452 g/mol. The second-order valence-electron chi connectivity index (χ2n) is 8.84. The number of piperazine rings is 1. The number of likely N-dealkylation sites (N-methyl/N-ethyl adjacent to an activating group) is 1. The lowest BCUT2D eigenvalue weighted by Gasteiger charge is -2.37. The van der Waals surface area contributed by atoms with Crippen molar-refractivity contribution < 1.29 is 13.9 Å². The van der Waals surface area contributed by atoms with E-state index in [1.165, 1.54) is 6.07 Å². The van der Waals surface area contributed by atoms with Crippen LogP contribution in [0.25, 0.3) is 10.9 Å². The van der Waals surface area contributed by atoms with Gasteiger partial charge in [0.05, 0.1) is 16.9 Å². The van der Waals surface area contributed by atoms with E-state index in [0.717, 1.165) is 18.7 Å². The maximum Gasteiger partial charge on any atom is 0.262 e. The van der Waals surface area contributed by atoms with Gasteiger partial charge in [-0.05, 0) is 38.6 Å². The smallest absolute Gasteiger partial charge is 0.262 e. The van der Waals surface area contributed by atoms with Gasteiger partial charge in [-0.3, -0.25) is 9.59 Å². The third kappa shape index (κ3) is 3.72. The number of aromatic nitrogens is 2. The topological polar surface area (TPSA) is 79.7 Å². The van der Waals surface area contributed by atoms with Crippen LogP contribution in [0.4, 0.5) is 15.9 Å². The molecule has 8 nitrogen and oxygen atoms in total. The number of amides is 1. The summed E-state index contributed by atoms with van der Waals surface area (Å²) < 4.78 is 23.3. The first kappa shape index (κ1) is 21.4. The second kappa shape index (κ2) is 8.15. The van der Waals surface area contributed by atoms with Gasteiger partial charge in [0.1, 0.15) is 23.7 Å².